The zero-order valence-electron chi connectivity index (χ0n) is 11.4. The molecule has 2 atom stereocenters. The Labute approximate surface area is 126 Å². The van der Waals surface area contributed by atoms with Crippen molar-refractivity contribution in [2.75, 3.05) is 5.32 Å². The van der Waals surface area contributed by atoms with E-state index in [-0.39, 0.29) is 11.7 Å². The van der Waals surface area contributed by atoms with E-state index < -0.39 is 11.7 Å². The molecule has 1 saturated carbocycles. The van der Waals surface area contributed by atoms with Crippen LogP contribution in [0.2, 0.25) is 0 Å². The van der Waals surface area contributed by atoms with Crippen LogP contribution in [0, 0.1) is 5.92 Å². The van der Waals surface area contributed by atoms with Crippen LogP contribution in [0.25, 0.3) is 0 Å². The van der Waals surface area contributed by atoms with E-state index in [9.17, 15) is 13.2 Å². The van der Waals surface area contributed by atoms with E-state index in [4.69, 9.17) is 0 Å². The summed E-state index contributed by atoms with van der Waals surface area (Å²) < 4.78 is 39.6. The molecule has 0 heterocycles. The van der Waals surface area contributed by atoms with Crippen LogP contribution in [0.3, 0.4) is 0 Å². The highest BCUT2D eigenvalue weighted by Crippen LogP contribution is 2.38. The summed E-state index contributed by atoms with van der Waals surface area (Å²) >= 11 is 3.11. The Morgan fingerprint density at radius 1 is 1.30 bits per heavy atom. The lowest BCUT2D eigenvalue weighted by molar-refractivity contribution is -0.137. The summed E-state index contributed by atoms with van der Waals surface area (Å²) in [4.78, 5) is 0. The van der Waals surface area contributed by atoms with Crippen LogP contribution < -0.4 is 5.32 Å². The largest absolute Gasteiger partial charge is 0.418 e. The van der Waals surface area contributed by atoms with E-state index in [2.05, 4.69) is 28.2 Å². The summed E-state index contributed by atoms with van der Waals surface area (Å²) in [5.41, 5.74) is -0.395. The molecular weight excluding hydrogens is 331 g/mol. The molecule has 1 aromatic rings. The average Bonchev–Trinajstić information content (AvgIpc) is 2.40. The first kappa shape index (κ1) is 15.7. The van der Waals surface area contributed by atoms with E-state index in [1.165, 1.54) is 12.5 Å². The Hall–Kier alpha value is -0.710. The first-order chi connectivity index (χ1) is 9.40. The first-order valence-corrected chi connectivity index (χ1v) is 7.82. The van der Waals surface area contributed by atoms with Gasteiger partial charge in [0.2, 0.25) is 0 Å². The smallest absolute Gasteiger partial charge is 0.382 e. The lowest BCUT2D eigenvalue weighted by Gasteiger charge is -2.30. The third kappa shape index (κ3) is 3.90. The summed E-state index contributed by atoms with van der Waals surface area (Å²) in [7, 11) is 0. The molecule has 1 aliphatic rings. The second kappa shape index (κ2) is 6.37. The van der Waals surface area contributed by atoms with Gasteiger partial charge in [0.05, 0.1) is 5.56 Å². The van der Waals surface area contributed by atoms with Crippen LogP contribution in [-0.4, -0.2) is 6.04 Å². The van der Waals surface area contributed by atoms with Gasteiger partial charge in [-0.3, -0.25) is 0 Å². The summed E-state index contributed by atoms with van der Waals surface area (Å²) in [6, 6.07) is 4.46. The number of rotatable bonds is 3. The van der Waals surface area contributed by atoms with Gasteiger partial charge in [-0.2, -0.15) is 13.2 Å². The Morgan fingerprint density at radius 2 is 2.05 bits per heavy atom. The standard InChI is InChI=1S/C15H19BrF3N/c1-2-10-4-3-5-12(8-10)20-14-7-6-11(16)9-13(14)15(17,18)19/h6-7,9-10,12,20H,2-5,8H2,1H3. The Kier molecular flexibility index (Phi) is 4.99. The van der Waals surface area contributed by atoms with Crippen molar-refractivity contribution >= 4 is 21.6 Å². The minimum Gasteiger partial charge on any atom is -0.382 e. The molecule has 5 heteroatoms. The number of hydrogen-bond acceptors (Lipinski definition) is 1. The number of alkyl halides is 3. The second-order valence-electron chi connectivity index (χ2n) is 5.47. The van der Waals surface area contributed by atoms with Crippen LogP contribution in [0.5, 0.6) is 0 Å². The maximum absolute atomic E-state index is 13.1. The predicted octanol–water partition coefficient (Wildman–Crippen LogP) is 5.85. The molecule has 0 bridgehead atoms. The molecule has 0 radical (unpaired) electrons. The summed E-state index contributed by atoms with van der Waals surface area (Å²) in [6.45, 7) is 2.15. The minimum absolute atomic E-state index is 0.149. The average molecular weight is 350 g/mol. The Bertz CT molecular complexity index is 459. The molecule has 0 amide bonds. The third-order valence-electron chi connectivity index (χ3n) is 4.01. The van der Waals surface area contributed by atoms with E-state index in [0.717, 1.165) is 31.7 Å². The van der Waals surface area contributed by atoms with Crippen LogP contribution >= 0.6 is 15.9 Å². The van der Waals surface area contributed by atoms with Crippen molar-refractivity contribution in [1.29, 1.82) is 0 Å². The number of hydrogen-bond donors (Lipinski definition) is 1. The van der Waals surface area contributed by atoms with Gasteiger partial charge < -0.3 is 5.32 Å². The Balaban J connectivity index is 2.16. The fourth-order valence-electron chi connectivity index (χ4n) is 2.89. The van der Waals surface area contributed by atoms with Crippen LogP contribution in [0.4, 0.5) is 18.9 Å². The van der Waals surface area contributed by atoms with Crippen molar-refractivity contribution in [1.82, 2.24) is 0 Å². The minimum atomic E-state index is -4.33. The van der Waals surface area contributed by atoms with E-state index in [0.29, 0.717) is 10.4 Å². The van der Waals surface area contributed by atoms with Gasteiger partial charge in [0, 0.05) is 16.2 Å². The van der Waals surface area contributed by atoms with Gasteiger partial charge in [0.25, 0.3) is 0 Å². The van der Waals surface area contributed by atoms with Crippen molar-refractivity contribution < 1.29 is 13.2 Å². The molecular formula is C15H19BrF3N. The predicted molar refractivity (Wildman–Crippen MR) is 78.8 cm³/mol. The van der Waals surface area contributed by atoms with Crippen LogP contribution in [-0.2, 0) is 6.18 Å². The summed E-state index contributed by atoms with van der Waals surface area (Å²) in [5.74, 6) is 0.631. The van der Waals surface area contributed by atoms with E-state index in [1.54, 1.807) is 6.07 Å². The zero-order valence-corrected chi connectivity index (χ0v) is 13.0. The second-order valence-corrected chi connectivity index (χ2v) is 6.39. The normalized spacial score (nSPS) is 23.6. The molecule has 0 aliphatic heterocycles. The highest BCUT2D eigenvalue weighted by molar-refractivity contribution is 9.10. The van der Waals surface area contributed by atoms with E-state index >= 15 is 0 Å². The highest BCUT2D eigenvalue weighted by Gasteiger charge is 2.34. The fourth-order valence-corrected chi connectivity index (χ4v) is 3.25. The molecule has 0 saturated heterocycles. The summed E-state index contributed by atoms with van der Waals surface area (Å²) in [5, 5.41) is 3.11. The van der Waals surface area contributed by atoms with Gasteiger partial charge in [-0.1, -0.05) is 42.1 Å². The molecule has 0 aromatic heterocycles. The van der Waals surface area contributed by atoms with Crippen molar-refractivity contribution in [3.63, 3.8) is 0 Å². The third-order valence-corrected chi connectivity index (χ3v) is 4.50. The van der Waals surface area contributed by atoms with Crippen molar-refractivity contribution in [2.45, 2.75) is 51.2 Å². The molecule has 112 valence electrons. The van der Waals surface area contributed by atoms with Gasteiger partial charge in [-0.15, -0.1) is 0 Å². The van der Waals surface area contributed by atoms with Gasteiger partial charge in [0.1, 0.15) is 0 Å². The molecule has 1 aromatic carbocycles. The molecule has 1 N–H and O–H groups in total. The molecule has 20 heavy (non-hydrogen) atoms. The van der Waals surface area contributed by atoms with Crippen LogP contribution in [0.15, 0.2) is 22.7 Å². The van der Waals surface area contributed by atoms with Gasteiger partial charge in [-0.05, 0) is 37.0 Å². The maximum Gasteiger partial charge on any atom is 0.418 e. The lowest BCUT2D eigenvalue weighted by atomic mass is 9.84. The zero-order chi connectivity index (χ0) is 14.8. The topological polar surface area (TPSA) is 12.0 Å². The molecule has 1 nitrogen and oxygen atoms in total. The highest BCUT2D eigenvalue weighted by atomic mass is 79.9. The SMILES string of the molecule is CCC1CCCC(Nc2ccc(Br)cc2C(F)(F)F)C1. The number of benzene rings is 1. The lowest BCUT2D eigenvalue weighted by Crippen LogP contribution is -2.28. The summed E-state index contributed by atoms with van der Waals surface area (Å²) in [6.07, 6.45) is 0.971. The molecule has 2 rings (SSSR count). The van der Waals surface area contributed by atoms with E-state index in [1.807, 2.05) is 0 Å². The molecule has 0 spiro atoms. The van der Waals surface area contributed by atoms with Crippen molar-refractivity contribution in [3.05, 3.63) is 28.2 Å². The monoisotopic (exact) mass is 349 g/mol. The quantitative estimate of drug-likeness (QED) is 0.721. The molecule has 2 unspecified atom stereocenters. The number of anilines is 1. The molecule has 1 aliphatic carbocycles. The Morgan fingerprint density at radius 3 is 2.70 bits per heavy atom. The first-order valence-electron chi connectivity index (χ1n) is 7.03. The van der Waals surface area contributed by atoms with Gasteiger partial charge >= 0.3 is 6.18 Å². The maximum atomic E-state index is 13.1. The van der Waals surface area contributed by atoms with Crippen molar-refractivity contribution in [3.8, 4) is 0 Å². The van der Waals surface area contributed by atoms with Crippen LogP contribution in [0.1, 0.15) is 44.6 Å². The number of nitrogens with one attached hydrogen (secondary N) is 1. The van der Waals surface area contributed by atoms with Crippen molar-refractivity contribution in [2.24, 2.45) is 5.92 Å². The molecule has 1 fully saturated rings. The van der Waals surface area contributed by atoms with Gasteiger partial charge in [0.15, 0.2) is 0 Å². The van der Waals surface area contributed by atoms with Gasteiger partial charge in [-0.25, -0.2) is 0 Å². The fraction of sp³-hybridized carbons (Fsp3) is 0.600. The number of halogens is 4.